The summed E-state index contributed by atoms with van der Waals surface area (Å²) in [6, 6.07) is 13.9. The maximum absolute atomic E-state index is 12.9. The van der Waals surface area contributed by atoms with E-state index in [0.717, 1.165) is 0 Å². The topological polar surface area (TPSA) is 91.4 Å². The van der Waals surface area contributed by atoms with Gasteiger partial charge in [0.15, 0.2) is 0 Å². The smallest absolute Gasteiger partial charge is 0.332 e. The summed E-state index contributed by atoms with van der Waals surface area (Å²) < 4.78 is 10.5. The SMILES string of the molecule is COc1ccc(OC)c(NC(=O)CN2CCC(N3CC(=O)N(c4ccccc4)C3=O)CC2)c1. The lowest BCUT2D eigenvalue weighted by atomic mass is 10.0. The summed E-state index contributed by atoms with van der Waals surface area (Å²) in [6.45, 7) is 1.65. The monoisotopic (exact) mass is 452 g/mol. The van der Waals surface area contributed by atoms with Crippen molar-refractivity contribution in [3.8, 4) is 11.5 Å². The van der Waals surface area contributed by atoms with Crippen molar-refractivity contribution >= 4 is 29.2 Å². The normalized spacial score (nSPS) is 17.4. The number of anilines is 2. The van der Waals surface area contributed by atoms with E-state index in [1.54, 1.807) is 49.5 Å². The third-order valence-electron chi connectivity index (χ3n) is 6.05. The maximum atomic E-state index is 12.9. The Morgan fingerprint density at radius 3 is 2.42 bits per heavy atom. The first-order chi connectivity index (χ1) is 16.0. The van der Waals surface area contributed by atoms with Crippen molar-refractivity contribution in [3.05, 3.63) is 48.5 Å². The molecule has 0 aliphatic carbocycles. The molecule has 2 heterocycles. The summed E-state index contributed by atoms with van der Waals surface area (Å²) in [5.41, 5.74) is 1.15. The van der Waals surface area contributed by atoms with Gasteiger partial charge in [-0.25, -0.2) is 9.69 Å². The number of nitrogens with zero attached hydrogens (tertiary/aromatic N) is 3. The zero-order chi connectivity index (χ0) is 23.4. The summed E-state index contributed by atoms with van der Waals surface area (Å²) in [6.07, 6.45) is 1.41. The molecule has 2 aromatic carbocycles. The number of benzene rings is 2. The largest absolute Gasteiger partial charge is 0.497 e. The van der Waals surface area contributed by atoms with Crippen LogP contribution in [0, 0.1) is 0 Å². The van der Waals surface area contributed by atoms with Crippen LogP contribution in [0.25, 0.3) is 0 Å². The van der Waals surface area contributed by atoms with Gasteiger partial charge in [-0.1, -0.05) is 18.2 Å². The van der Waals surface area contributed by atoms with Gasteiger partial charge in [0, 0.05) is 25.2 Å². The second-order valence-corrected chi connectivity index (χ2v) is 8.10. The standard InChI is InChI=1S/C24H28N4O5/c1-32-19-8-9-21(33-2)20(14-19)25-22(29)15-26-12-10-17(11-13-26)27-16-23(30)28(24(27)31)18-6-4-3-5-7-18/h3-9,14,17H,10-13,15-16H2,1-2H3,(H,25,29). The minimum atomic E-state index is -0.271. The van der Waals surface area contributed by atoms with Gasteiger partial charge >= 0.3 is 6.03 Å². The number of hydrogen-bond acceptors (Lipinski definition) is 6. The molecule has 9 heteroatoms. The lowest BCUT2D eigenvalue weighted by molar-refractivity contribution is -0.117. The van der Waals surface area contributed by atoms with Gasteiger partial charge < -0.3 is 19.7 Å². The number of carbonyl (C=O) groups excluding carboxylic acids is 3. The molecule has 33 heavy (non-hydrogen) atoms. The Balaban J connectivity index is 1.31. The fourth-order valence-electron chi connectivity index (χ4n) is 4.33. The summed E-state index contributed by atoms with van der Waals surface area (Å²) in [4.78, 5) is 43.0. The highest BCUT2D eigenvalue weighted by Gasteiger charge is 2.41. The van der Waals surface area contributed by atoms with Crippen LogP contribution in [-0.2, 0) is 9.59 Å². The lowest BCUT2D eigenvalue weighted by Gasteiger charge is -2.35. The van der Waals surface area contributed by atoms with Crippen LogP contribution in [-0.4, -0.2) is 74.1 Å². The van der Waals surface area contributed by atoms with Crippen LogP contribution in [0.2, 0.25) is 0 Å². The Bertz CT molecular complexity index is 1020. The number of urea groups is 1. The first-order valence-electron chi connectivity index (χ1n) is 10.9. The maximum Gasteiger partial charge on any atom is 0.332 e. The Labute approximate surface area is 192 Å². The fraction of sp³-hybridized carbons (Fsp3) is 0.375. The van der Waals surface area contributed by atoms with Crippen molar-refractivity contribution < 1.29 is 23.9 Å². The second-order valence-electron chi connectivity index (χ2n) is 8.10. The highest BCUT2D eigenvalue weighted by atomic mass is 16.5. The number of amides is 4. The number of hydrogen-bond donors (Lipinski definition) is 1. The average Bonchev–Trinajstić information content (AvgIpc) is 3.13. The molecule has 9 nitrogen and oxygen atoms in total. The van der Waals surface area contributed by atoms with Crippen molar-refractivity contribution in [2.45, 2.75) is 18.9 Å². The lowest BCUT2D eigenvalue weighted by Crippen LogP contribution is -2.48. The van der Waals surface area contributed by atoms with Gasteiger partial charge in [0.2, 0.25) is 5.91 Å². The Morgan fingerprint density at radius 2 is 1.76 bits per heavy atom. The molecule has 0 bridgehead atoms. The molecular weight excluding hydrogens is 424 g/mol. The van der Waals surface area contributed by atoms with E-state index in [1.807, 2.05) is 18.2 Å². The van der Waals surface area contributed by atoms with Gasteiger partial charge in [0.1, 0.15) is 18.0 Å². The molecule has 0 unspecified atom stereocenters. The van der Waals surface area contributed by atoms with Gasteiger partial charge in [-0.3, -0.25) is 14.5 Å². The van der Waals surface area contributed by atoms with Gasteiger partial charge in [-0.2, -0.15) is 0 Å². The predicted molar refractivity (Wildman–Crippen MR) is 124 cm³/mol. The molecule has 4 rings (SSSR count). The van der Waals surface area contributed by atoms with E-state index in [0.29, 0.717) is 48.8 Å². The van der Waals surface area contributed by atoms with Crippen LogP contribution in [0.4, 0.5) is 16.2 Å². The summed E-state index contributed by atoms with van der Waals surface area (Å²) in [7, 11) is 3.11. The van der Waals surface area contributed by atoms with Gasteiger partial charge in [-0.05, 0) is 37.1 Å². The molecule has 2 aliphatic heterocycles. The van der Waals surface area contributed by atoms with Crippen LogP contribution in [0.5, 0.6) is 11.5 Å². The van der Waals surface area contributed by atoms with E-state index in [4.69, 9.17) is 9.47 Å². The Kier molecular flexibility index (Phi) is 6.79. The molecule has 0 spiro atoms. The summed E-state index contributed by atoms with van der Waals surface area (Å²) in [5.74, 6) is 0.826. The molecule has 2 aliphatic rings. The summed E-state index contributed by atoms with van der Waals surface area (Å²) in [5, 5.41) is 2.89. The van der Waals surface area contributed by atoms with E-state index < -0.39 is 0 Å². The van der Waals surface area contributed by atoms with Crippen LogP contribution in [0.15, 0.2) is 48.5 Å². The van der Waals surface area contributed by atoms with Crippen molar-refractivity contribution in [2.24, 2.45) is 0 Å². The van der Waals surface area contributed by atoms with Crippen LogP contribution < -0.4 is 19.7 Å². The van der Waals surface area contributed by atoms with Crippen molar-refractivity contribution in [3.63, 3.8) is 0 Å². The van der Waals surface area contributed by atoms with E-state index >= 15 is 0 Å². The molecule has 0 saturated carbocycles. The van der Waals surface area contributed by atoms with Crippen LogP contribution >= 0.6 is 0 Å². The van der Waals surface area contributed by atoms with Crippen molar-refractivity contribution in [2.75, 3.05) is 50.6 Å². The van der Waals surface area contributed by atoms with E-state index in [9.17, 15) is 14.4 Å². The average molecular weight is 453 g/mol. The van der Waals surface area contributed by atoms with E-state index in [2.05, 4.69) is 10.2 Å². The van der Waals surface area contributed by atoms with Gasteiger partial charge in [0.25, 0.3) is 5.91 Å². The molecule has 2 fully saturated rings. The third kappa shape index (κ3) is 4.93. The number of carbonyl (C=O) groups is 3. The number of imide groups is 1. The number of nitrogens with one attached hydrogen (secondary N) is 1. The molecule has 0 atom stereocenters. The Hall–Kier alpha value is -3.59. The van der Waals surface area contributed by atoms with Crippen molar-refractivity contribution in [1.82, 2.24) is 9.80 Å². The first kappa shape index (κ1) is 22.6. The molecule has 1 N–H and O–H groups in total. The molecule has 0 radical (unpaired) electrons. The highest BCUT2D eigenvalue weighted by molar-refractivity contribution is 6.19. The minimum absolute atomic E-state index is 0.0204. The zero-order valence-corrected chi connectivity index (χ0v) is 18.8. The summed E-state index contributed by atoms with van der Waals surface area (Å²) >= 11 is 0. The van der Waals surface area contributed by atoms with Crippen LogP contribution in [0.1, 0.15) is 12.8 Å². The number of methoxy groups -OCH3 is 2. The first-order valence-corrected chi connectivity index (χ1v) is 10.9. The Morgan fingerprint density at radius 1 is 1.03 bits per heavy atom. The molecule has 2 aromatic rings. The quantitative estimate of drug-likeness (QED) is 0.650. The van der Waals surface area contributed by atoms with Crippen LogP contribution in [0.3, 0.4) is 0 Å². The van der Waals surface area contributed by atoms with E-state index in [-0.39, 0.29) is 37.0 Å². The van der Waals surface area contributed by atoms with Gasteiger partial charge in [-0.15, -0.1) is 0 Å². The molecule has 0 aromatic heterocycles. The molecular formula is C24H28N4O5. The zero-order valence-electron chi connectivity index (χ0n) is 18.8. The van der Waals surface area contributed by atoms with E-state index in [1.165, 1.54) is 4.90 Å². The predicted octanol–water partition coefficient (Wildman–Crippen LogP) is 2.58. The third-order valence-corrected chi connectivity index (χ3v) is 6.05. The number of likely N-dealkylation sites (tertiary alicyclic amines) is 1. The molecule has 174 valence electrons. The number of para-hydroxylation sites is 1. The van der Waals surface area contributed by atoms with Crippen molar-refractivity contribution in [1.29, 1.82) is 0 Å². The highest BCUT2D eigenvalue weighted by Crippen LogP contribution is 2.29. The molecule has 4 amide bonds. The second kappa shape index (κ2) is 9.91. The number of rotatable bonds is 7. The fourth-order valence-corrected chi connectivity index (χ4v) is 4.33. The minimum Gasteiger partial charge on any atom is -0.497 e. The molecule has 2 saturated heterocycles. The number of ether oxygens (including phenoxy) is 2. The van der Waals surface area contributed by atoms with Gasteiger partial charge in [0.05, 0.1) is 32.1 Å². The number of piperidine rings is 1.